The van der Waals surface area contributed by atoms with E-state index in [9.17, 15) is 4.79 Å². The Bertz CT molecular complexity index is 665. The molecule has 1 heterocycles. The zero-order valence-corrected chi connectivity index (χ0v) is 13.4. The minimum absolute atomic E-state index is 0.131. The van der Waals surface area contributed by atoms with E-state index >= 15 is 0 Å². The molecule has 3 nitrogen and oxygen atoms in total. The average Bonchev–Trinajstić information content (AvgIpc) is 2.69. The number of aromatic nitrogens is 2. The Kier molecular flexibility index (Phi) is 4.74. The summed E-state index contributed by atoms with van der Waals surface area (Å²) >= 11 is 18.1. The molecule has 1 aromatic heterocycles. The molecule has 0 amide bonds. The van der Waals surface area contributed by atoms with Crippen LogP contribution in [0.15, 0.2) is 18.2 Å². The van der Waals surface area contributed by atoms with Crippen LogP contribution in [0.4, 0.5) is 0 Å². The van der Waals surface area contributed by atoms with Gasteiger partial charge in [0.25, 0.3) is 0 Å². The summed E-state index contributed by atoms with van der Waals surface area (Å²) in [5.41, 5.74) is 1.82. The summed E-state index contributed by atoms with van der Waals surface area (Å²) in [6, 6.07) is 4.83. The van der Waals surface area contributed by atoms with E-state index in [1.54, 1.807) is 22.9 Å². The third-order valence-electron chi connectivity index (χ3n) is 3.01. The second kappa shape index (κ2) is 6.17. The molecule has 0 aliphatic carbocycles. The predicted octanol–water partition coefficient (Wildman–Crippen LogP) is 4.60. The fraction of sp³-hybridized carbons (Fsp3) is 0.286. The number of carbonyl (C=O) groups excluding carboxylic acids is 1. The highest BCUT2D eigenvalue weighted by atomic mass is 35.5. The molecule has 0 fully saturated rings. The Morgan fingerprint density at radius 3 is 2.65 bits per heavy atom. The molecule has 0 radical (unpaired) electrons. The number of nitrogens with zero attached hydrogens (tertiary/aromatic N) is 2. The first-order chi connectivity index (χ1) is 9.43. The summed E-state index contributed by atoms with van der Waals surface area (Å²) in [6.45, 7) is 4.41. The number of ketones is 1. The third kappa shape index (κ3) is 3.00. The quantitative estimate of drug-likeness (QED) is 0.768. The molecule has 20 heavy (non-hydrogen) atoms. The predicted molar refractivity (Wildman–Crippen MR) is 82.1 cm³/mol. The number of Topliss-reactive ketones (excluding diaryl/α,β-unsaturated/α-hetero) is 1. The van der Waals surface area contributed by atoms with Gasteiger partial charge in [0.05, 0.1) is 27.9 Å². The van der Waals surface area contributed by atoms with Crippen LogP contribution in [0.1, 0.15) is 28.7 Å². The number of halogens is 3. The molecule has 2 rings (SSSR count). The van der Waals surface area contributed by atoms with Gasteiger partial charge < -0.3 is 0 Å². The third-order valence-corrected chi connectivity index (χ3v) is 4.07. The van der Waals surface area contributed by atoms with Gasteiger partial charge in [-0.1, -0.05) is 34.8 Å². The lowest BCUT2D eigenvalue weighted by Crippen LogP contribution is -2.10. The largest absolute Gasteiger partial charge is 0.294 e. The monoisotopic (exact) mass is 330 g/mol. The van der Waals surface area contributed by atoms with Gasteiger partial charge in [-0.15, -0.1) is 0 Å². The Balaban J connectivity index is 2.35. The first kappa shape index (κ1) is 15.4. The lowest BCUT2D eigenvalue weighted by atomic mass is 10.1. The summed E-state index contributed by atoms with van der Waals surface area (Å²) in [5, 5.41) is 5.68. The highest BCUT2D eigenvalue weighted by Crippen LogP contribution is 2.25. The van der Waals surface area contributed by atoms with Gasteiger partial charge >= 0.3 is 0 Å². The zero-order chi connectivity index (χ0) is 14.9. The molecular formula is C14H13Cl3N2O. The zero-order valence-electron chi connectivity index (χ0n) is 11.1. The van der Waals surface area contributed by atoms with Crippen LogP contribution in [0, 0.1) is 6.92 Å². The van der Waals surface area contributed by atoms with E-state index in [-0.39, 0.29) is 12.2 Å². The van der Waals surface area contributed by atoms with Crippen molar-refractivity contribution >= 4 is 40.6 Å². The fourth-order valence-corrected chi connectivity index (χ4v) is 2.59. The second-order valence-corrected chi connectivity index (χ2v) is 5.61. The SMILES string of the molecule is CCn1nc(C)c(Cl)c1CC(=O)c1cc(Cl)ccc1Cl. The van der Waals surface area contributed by atoms with Crippen molar-refractivity contribution in [3.63, 3.8) is 0 Å². The summed E-state index contributed by atoms with van der Waals surface area (Å²) < 4.78 is 1.73. The molecule has 0 aliphatic rings. The van der Waals surface area contributed by atoms with Gasteiger partial charge in [0.15, 0.2) is 5.78 Å². The van der Waals surface area contributed by atoms with Gasteiger partial charge in [-0.2, -0.15) is 5.10 Å². The van der Waals surface area contributed by atoms with Gasteiger partial charge in [-0.25, -0.2) is 0 Å². The van der Waals surface area contributed by atoms with E-state index in [4.69, 9.17) is 34.8 Å². The molecular weight excluding hydrogens is 319 g/mol. The number of carbonyl (C=O) groups is 1. The molecule has 0 saturated carbocycles. The first-order valence-corrected chi connectivity index (χ1v) is 7.27. The van der Waals surface area contributed by atoms with Crippen LogP contribution in [0.25, 0.3) is 0 Å². The molecule has 0 spiro atoms. The molecule has 1 aromatic carbocycles. The molecule has 6 heteroatoms. The van der Waals surface area contributed by atoms with Crippen molar-refractivity contribution in [2.75, 3.05) is 0 Å². The molecule has 0 aliphatic heterocycles. The maximum Gasteiger partial charge on any atom is 0.170 e. The van der Waals surface area contributed by atoms with Crippen LogP contribution in [0.3, 0.4) is 0 Å². The van der Waals surface area contributed by atoms with Gasteiger partial charge in [0, 0.05) is 17.1 Å². The van der Waals surface area contributed by atoms with Gasteiger partial charge in [0.2, 0.25) is 0 Å². The topological polar surface area (TPSA) is 34.9 Å². The van der Waals surface area contributed by atoms with Crippen molar-refractivity contribution < 1.29 is 4.79 Å². The number of hydrogen-bond donors (Lipinski definition) is 0. The summed E-state index contributed by atoms with van der Waals surface area (Å²) in [6.07, 6.45) is 0.146. The van der Waals surface area contributed by atoms with E-state index in [0.29, 0.717) is 38.6 Å². The Labute approximate surface area is 132 Å². The van der Waals surface area contributed by atoms with E-state index in [1.807, 2.05) is 13.8 Å². The van der Waals surface area contributed by atoms with Gasteiger partial charge in [-0.05, 0) is 32.0 Å². The molecule has 0 N–H and O–H groups in total. The summed E-state index contributed by atoms with van der Waals surface area (Å²) in [4.78, 5) is 12.4. The number of rotatable bonds is 4. The molecule has 0 atom stereocenters. The molecule has 0 saturated heterocycles. The molecule has 106 valence electrons. The highest BCUT2D eigenvalue weighted by molar-refractivity contribution is 6.36. The Hall–Kier alpha value is -1.03. The molecule has 0 bridgehead atoms. The summed E-state index contributed by atoms with van der Waals surface area (Å²) in [7, 11) is 0. The second-order valence-electron chi connectivity index (χ2n) is 4.39. The molecule has 0 unspecified atom stereocenters. The highest BCUT2D eigenvalue weighted by Gasteiger charge is 2.18. The maximum atomic E-state index is 12.4. The number of benzene rings is 1. The van der Waals surface area contributed by atoms with Crippen LogP contribution in [0.5, 0.6) is 0 Å². The van der Waals surface area contributed by atoms with Crippen LogP contribution in [-0.4, -0.2) is 15.6 Å². The van der Waals surface area contributed by atoms with E-state index in [0.717, 1.165) is 0 Å². The van der Waals surface area contributed by atoms with Crippen molar-refractivity contribution in [1.82, 2.24) is 9.78 Å². The average molecular weight is 332 g/mol. The van der Waals surface area contributed by atoms with Gasteiger partial charge in [0.1, 0.15) is 0 Å². The summed E-state index contributed by atoms with van der Waals surface area (Å²) in [5.74, 6) is -0.131. The lowest BCUT2D eigenvalue weighted by molar-refractivity contribution is 0.0990. The van der Waals surface area contributed by atoms with Crippen LogP contribution in [0.2, 0.25) is 15.1 Å². The number of hydrogen-bond acceptors (Lipinski definition) is 2. The molecule has 2 aromatic rings. The van der Waals surface area contributed by atoms with Crippen LogP contribution in [-0.2, 0) is 13.0 Å². The Morgan fingerprint density at radius 2 is 2.00 bits per heavy atom. The van der Waals surface area contributed by atoms with Crippen molar-refractivity contribution in [2.45, 2.75) is 26.8 Å². The standard InChI is InChI=1S/C14H13Cl3N2O/c1-3-19-12(14(17)8(2)18-19)7-13(20)10-6-9(15)4-5-11(10)16/h4-6H,3,7H2,1-2H3. The van der Waals surface area contributed by atoms with Gasteiger partial charge in [-0.3, -0.25) is 9.48 Å². The first-order valence-electron chi connectivity index (χ1n) is 6.14. The van der Waals surface area contributed by atoms with Crippen molar-refractivity contribution in [2.24, 2.45) is 0 Å². The maximum absolute atomic E-state index is 12.4. The van der Waals surface area contributed by atoms with E-state index in [1.165, 1.54) is 0 Å². The van der Waals surface area contributed by atoms with Crippen molar-refractivity contribution in [3.05, 3.63) is 50.2 Å². The Morgan fingerprint density at radius 1 is 1.30 bits per heavy atom. The minimum atomic E-state index is -0.131. The minimum Gasteiger partial charge on any atom is -0.294 e. The van der Waals surface area contributed by atoms with E-state index in [2.05, 4.69) is 5.10 Å². The smallest absolute Gasteiger partial charge is 0.170 e. The lowest BCUT2D eigenvalue weighted by Gasteiger charge is -2.07. The van der Waals surface area contributed by atoms with Crippen LogP contribution < -0.4 is 0 Å². The van der Waals surface area contributed by atoms with Crippen molar-refractivity contribution in [1.29, 1.82) is 0 Å². The van der Waals surface area contributed by atoms with Crippen LogP contribution >= 0.6 is 34.8 Å². The normalized spacial score (nSPS) is 10.8. The van der Waals surface area contributed by atoms with E-state index < -0.39 is 0 Å². The fourth-order valence-electron chi connectivity index (χ4n) is 2.00. The number of aryl methyl sites for hydroxylation is 2. The van der Waals surface area contributed by atoms with Crippen molar-refractivity contribution in [3.8, 4) is 0 Å².